The molecule has 0 saturated heterocycles. The van der Waals surface area contributed by atoms with Gasteiger partial charge in [0.25, 0.3) is 0 Å². The van der Waals surface area contributed by atoms with E-state index in [0.29, 0.717) is 11.1 Å². The van der Waals surface area contributed by atoms with Gasteiger partial charge in [0.05, 0.1) is 44.5 Å². The number of benzene rings is 6. The average molecular weight is 937 g/mol. The molecule has 0 spiro atoms. The number of carbonyl (C=O) groups excluding carboxylic acids is 4. The van der Waals surface area contributed by atoms with Crippen LogP contribution in [-0.4, -0.2) is 93.6 Å². The second-order valence-corrected chi connectivity index (χ2v) is 16.2. The molecule has 352 valence electrons. The minimum atomic E-state index is -1.54. The van der Waals surface area contributed by atoms with E-state index >= 15 is 0 Å². The molecule has 6 aromatic carbocycles. The molecule has 0 heterocycles. The number of hydrogen-bond donors (Lipinski definition) is 4. The van der Waals surface area contributed by atoms with Crippen molar-refractivity contribution < 1.29 is 77.7 Å². The lowest BCUT2D eigenvalue weighted by Gasteiger charge is -2.27. The monoisotopic (exact) mass is 936 g/mol. The van der Waals surface area contributed by atoms with Crippen molar-refractivity contribution in [3.8, 4) is 0 Å². The van der Waals surface area contributed by atoms with E-state index in [0.717, 1.165) is 47.5 Å². The van der Waals surface area contributed by atoms with Gasteiger partial charge in [-0.2, -0.15) is 0 Å². The third-order valence-electron chi connectivity index (χ3n) is 11.1. The van der Waals surface area contributed by atoms with Crippen LogP contribution in [0.4, 0.5) is 0 Å². The smallest absolute Gasteiger partial charge is 0.339 e. The predicted molar refractivity (Wildman–Crippen MR) is 245 cm³/mol. The minimum absolute atomic E-state index is 0.0382. The molecular weight excluding hydrogens is 893 g/mol. The van der Waals surface area contributed by atoms with Gasteiger partial charge in [-0.3, -0.25) is 0 Å². The number of rotatable bonds is 20. The number of hydrogen-bond acceptors (Lipinski definition) is 12. The molecule has 69 heavy (non-hydrogen) atoms. The third kappa shape index (κ3) is 12.7. The molecule has 0 aliphatic carbocycles. The van der Waals surface area contributed by atoms with Gasteiger partial charge in [-0.1, -0.05) is 98.8 Å². The molecule has 0 radical (unpaired) electrons. The van der Waals surface area contributed by atoms with Crippen molar-refractivity contribution in [3.05, 3.63) is 212 Å². The lowest BCUT2D eigenvalue weighted by atomic mass is 9.77. The summed E-state index contributed by atoms with van der Waals surface area (Å²) in [6.07, 6.45) is -2.12. The van der Waals surface area contributed by atoms with E-state index in [-0.39, 0.29) is 35.1 Å². The summed E-state index contributed by atoms with van der Waals surface area (Å²) < 4.78 is 22.5. The van der Waals surface area contributed by atoms with Gasteiger partial charge in [-0.05, 0) is 82.9 Å². The Labute approximate surface area is 394 Å². The predicted octanol–water partition coefficient (Wildman–Crippen LogP) is 8.06. The minimum Gasteiger partial charge on any atom is -0.478 e. The average Bonchev–Trinajstić information content (AvgIpc) is 3.34. The van der Waals surface area contributed by atoms with Crippen molar-refractivity contribution in [3.63, 3.8) is 0 Å². The van der Waals surface area contributed by atoms with Gasteiger partial charge in [0.1, 0.15) is 25.4 Å². The van der Waals surface area contributed by atoms with E-state index in [4.69, 9.17) is 18.9 Å². The Morgan fingerprint density at radius 1 is 0.406 bits per heavy atom. The summed E-state index contributed by atoms with van der Waals surface area (Å²) in [6.45, 7) is 3.19. The summed E-state index contributed by atoms with van der Waals surface area (Å²) in [4.78, 5) is 99.6. The number of carbonyl (C=O) groups is 8. The molecule has 0 fully saturated rings. The molecule has 16 heteroatoms. The highest BCUT2D eigenvalue weighted by Crippen LogP contribution is 2.32. The van der Waals surface area contributed by atoms with E-state index in [1.54, 1.807) is 84.9 Å². The van der Waals surface area contributed by atoms with Crippen LogP contribution in [0.25, 0.3) is 0 Å². The van der Waals surface area contributed by atoms with E-state index in [9.17, 15) is 58.8 Å². The summed E-state index contributed by atoms with van der Waals surface area (Å²) in [5.41, 5.74) is 0.360. The van der Waals surface area contributed by atoms with Crippen molar-refractivity contribution >= 4 is 47.8 Å². The first kappa shape index (κ1) is 49.5. The second-order valence-electron chi connectivity index (χ2n) is 16.2. The van der Waals surface area contributed by atoms with Crippen LogP contribution in [0.1, 0.15) is 119 Å². The molecular formula is C53H44O16. The highest BCUT2D eigenvalue weighted by Gasteiger charge is 2.28. The first-order valence-corrected chi connectivity index (χ1v) is 21.2. The highest BCUT2D eigenvalue weighted by molar-refractivity contribution is 6.05. The Morgan fingerprint density at radius 3 is 1.07 bits per heavy atom. The summed E-state index contributed by atoms with van der Waals surface area (Å²) in [7, 11) is 0. The molecule has 0 amide bonds. The van der Waals surface area contributed by atoms with Crippen LogP contribution in [-0.2, 0) is 37.2 Å². The van der Waals surface area contributed by atoms with Gasteiger partial charge in [-0.15, -0.1) is 0 Å². The normalized spacial score (nSPS) is 11.9. The van der Waals surface area contributed by atoms with Gasteiger partial charge in [0, 0.05) is 18.3 Å². The van der Waals surface area contributed by atoms with Gasteiger partial charge >= 0.3 is 47.8 Å². The Balaban J connectivity index is 1.18. The van der Waals surface area contributed by atoms with Crippen LogP contribution in [0.2, 0.25) is 0 Å². The standard InChI is InChI=1S/C53H44O16/c1-53(2,37-19-13-31(14-20-37)25-39(29-66-49(62)33-9-5-3-6-10-33)68-51(64)41-23-17-35(45(54)55)27-43(41)47(58)59)38-21-15-32(16-22-38)26-40(30-67-50(63)34-11-7-4-8-12-34)69-52(65)42-24-18-36(46(56)57)28-44(42)48(60)61/h3-24,27-28,39-40H,25-26,29-30H2,1-2H3,(H,54,55)(H,56,57)(H,58,59)(H,60,61). The fourth-order valence-electron chi connectivity index (χ4n) is 7.22. The van der Waals surface area contributed by atoms with E-state index in [2.05, 4.69) is 0 Å². The zero-order valence-electron chi connectivity index (χ0n) is 37.0. The fourth-order valence-corrected chi connectivity index (χ4v) is 7.22. The Kier molecular flexibility index (Phi) is 15.8. The first-order chi connectivity index (χ1) is 32.9. The lowest BCUT2D eigenvalue weighted by Crippen LogP contribution is -2.28. The van der Waals surface area contributed by atoms with Crippen molar-refractivity contribution in [1.82, 2.24) is 0 Å². The fraction of sp³-hybridized carbons (Fsp3) is 0.170. The second kappa shape index (κ2) is 22.0. The maximum absolute atomic E-state index is 13.4. The molecule has 0 aliphatic heterocycles. The summed E-state index contributed by atoms with van der Waals surface area (Å²) >= 11 is 0. The molecule has 16 nitrogen and oxygen atoms in total. The number of aromatic carboxylic acids is 4. The van der Waals surface area contributed by atoms with Crippen LogP contribution in [0.5, 0.6) is 0 Å². The summed E-state index contributed by atoms with van der Waals surface area (Å²) in [5, 5.41) is 38.2. The van der Waals surface area contributed by atoms with E-state index in [1.165, 1.54) is 0 Å². The molecule has 0 aliphatic rings. The van der Waals surface area contributed by atoms with E-state index < -0.39 is 101 Å². The maximum atomic E-state index is 13.4. The van der Waals surface area contributed by atoms with Gasteiger partial charge in [0.2, 0.25) is 0 Å². The van der Waals surface area contributed by atoms with Crippen molar-refractivity contribution in [2.45, 2.75) is 44.3 Å². The quantitative estimate of drug-likeness (QED) is 0.0417. The van der Waals surface area contributed by atoms with Crippen LogP contribution < -0.4 is 0 Å². The molecule has 0 bridgehead atoms. The Bertz CT molecular complexity index is 2690. The Morgan fingerprint density at radius 2 is 0.754 bits per heavy atom. The topological polar surface area (TPSA) is 254 Å². The van der Waals surface area contributed by atoms with Crippen LogP contribution >= 0.6 is 0 Å². The molecule has 4 N–H and O–H groups in total. The number of esters is 4. The summed E-state index contributed by atoms with van der Waals surface area (Å²) in [5.74, 6) is -9.36. The molecule has 6 aromatic rings. The maximum Gasteiger partial charge on any atom is 0.339 e. The van der Waals surface area contributed by atoms with Crippen LogP contribution in [0.3, 0.4) is 0 Å². The highest BCUT2D eigenvalue weighted by atomic mass is 16.6. The molecule has 2 atom stereocenters. The molecule has 0 saturated carbocycles. The zero-order valence-corrected chi connectivity index (χ0v) is 37.0. The number of ether oxygens (including phenoxy) is 4. The number of carboxylic acid groups (broad SMARTS) is 4. The SMILES string of the molecule is CC(C)(c1ccc(CC(COC(=O)c2ccccc2)OC(=O)c2ccc(C(=O)O)cc2C(=O)O)cc1)c1ccc(CC(COC(=O)c2ccccc2)OC(=O)c2ccc(C(=O)O)cc2C(=O)O)cc1. The van der Waals surface area contributed by atoms with Crippen LogP contribution in [0.15, 0.2) is 146 Å². The van der Waals surface area contributed by atoms with Gasteiger partial charge < -0.3 is 39.4 Å². The molecule has 0 aromatic heterocycles. The van der Waals surface area contributed by atoms with E-state index in [1.807, 2.05) is 38.1 Å². The van der Waals surface area contributed by atoms with Crippen molar-refractivity contribution in [1.29, 1.82) is 0 Å². The van der Waals surface area contributed by atoms with Crippen molar-refractivity contribution in [2.75, 3.05) is 13.2 Å². The van der Waals surface area contributed by atoms with Gasteiger partial charge in [0.15, 0.2) is 0 Å². The zero-order chi connectivity index (χ0) is 49.8. The molecule has 6 rings (SSSR count). The van der Waals surface area contributed by atoms with Gasteiger partial charge in [-0.25, -0.2) is 38.4 Å². The largest absolute Gasteiger partial charge is 0.478 e. The third-order valence-corrected chi connectivity index (χ3v) is 11.1. The van der Waals surface area contributed by atoms with Crippen molar-refractivity contribution in [2.24, 2.45) is 0 Å². The Hall–Kier alpha value is -8.92. The number of carboxylic acids is 4. The summed E-state index contributed by atoms with van der Waals surface area (Å²) in [6, 6.07) is 36.9. The van der Waals surface area contributed by atoms with Crippen LogP contribution in [0, 0.1) is 0 Å². The molecule has 2 unspecified atom stereocenters. The lowest BCUT2D eigenvalue weighted by molar-refractivity contribution is -0.000538. The first-order valence-electron chi connectivity index (χ1n) is 21.2.